The van der Waals surface area contributed by atoms with Crippen molar-refractivity contribution in [3.05, 3.63) is 0 Å². The molecule has 0 aromatic carbocycles. The molecule has 0 aliphatic carbocycles. The SMILES string of the molecule is COCCOCOCCC(C(=O)O)C(C)(C)C. The molecule has 0 heterocycles. The lowest BCUT2D eigenvalue weighted by Crippen LogP contribution is -2.29. The highest BCUT2D eigenvalue weighted by Crippen LogP contribution is 2.28. The number of methoxy groups -OCH3 is 1. The van der Waals surface area contributed by atoms with E-state index in [1.165, 1.54) is 0 Å². The van der Waals surface area contributed by atoms with E-state index in [1.807, 2.05) is 20.8 Å². The van der Waals surface area contributed by atoms with Crippen molar-refractivity contribution in [2.75, 3.05) is 33.7 Å². The Kier molecular flexibility index (Phi) is 8.12. The third-order valence-corrected chi connectivity index (χ3v) is 2.49. The molecule has 0 fully saturated rings. The largest absolute Gasteiger partial charge is 0.481 e. The van der Waals surface area contributed by atoms with Gasteiger partial charge in [0.05, 0.1) is 25.7 Å². The van der Waals surface area contributed by atoms with Crippen molar-refractivity contribution in [2.24, 2.45) is 11.3 Å². The van der Waals surface area contributed by atoms with E-state index >= 15 is 0 Å². The van der Waals surface area contributed by atoms with Gasteiger partial charge < -0.3 is 19.3 Å². The molecule has 0 rings (SSSR count). The lowest BCUT2D eigenvalue weighted by molar-refractivity contribution is -0.147. The van der Waals surface area contributed by atoms with Crippen LogP contribution in [0.4, 0.5) is 0 Å². The van der Waals surface area contributed by atoms with Crippen LogP contribution < -0.4 is 0 Å². The number of rotatable bonds is 9. The molecule has 0 saturated carbocycles. The highest BCUT2D eigenvalue weighted by Gasteiger charge is 2.30. The van der Waals surface area contributed by atoms with Gasteiger partial charge in [-0.15, -0.1) is 0 Å². The Morgan fingerprint density at radius 3 is 2.24 bits per heavy atom. The van der Waals surface area contributed by atoms with Crippen molar-refractivity contribution in [3.8, 4) is 0 Å². The highest BCUT2D eigenvalue weighted by atomic mass is 16.7. The molecule has 0 aliphatic heterocycles. The molecular weight excluding hydrogens is 224 g/mol. The summed E-state index contributed by atoms with van der Waals surface area (Å²) in [7, 11) is 1.60. The van der Waals surface area contributed by atoms with Crippen LogP contribution >= 0.6 is 0 Å². The second-order valence-electron chi connectivity index (χ2n) is 4.97. The van der Waals surface area contributed by atoms with Crippen molar-refractivity contribution >= 4 is 5.97 Å². The average Bonchev–Trinajstić information content (AvgIpc) is 2.19. The minimum atomic E-state index is -0.776. The maximum atomic E-state index is 11.0. The number of hydrogen-bond donors (Lipinski definition) is 1. The summed E-state index contributed by atoms with van der Waals surface area (Å²) in [4.78, 5) is 11.0. The van der Waals surface area contributed by atoms with Crippen molar-refractivity contribution in [1.29, 1.82) is 0 Å². The quantitative estimate of drug-likeness (QED) is 0.497. The summed E-state index contributed by atoms with van der Waals surface area (Å²) in [6.45, 7) is 7.34. The molecule has 0 aliphatic rings. The molecule has 5 heteroatoms. The van der Waals surface area contributed by atoms with E-state index in [4.69, 9.17) is 19.3 Å². The lowest BCUT2D eigenvalue weighted by Gasteiger charge is -2.26. The molecule has 0 aromatic rings. The van der Waals surface area contributed by atoms with Crippen LogP contribution in [-0.2, 0) is 19.0 Å². The minimum absolute atomic E-state index is 0.180. The van der Waals surface area contributed by atoms with E-state index in [9.17, 15) is 4.79 Å². The van der Waals surface area contributed by atoms with E-state index in [2.05, 4.69) is 0 Å². The van der Waals surface area contributed by atoms with Gasteiger partial charge in [0.2, 0.25) is 0 Å². The fourth-order valence-corrected chi connectivity index (χ4v) is 1.45. The first-order chi connectivity index (χ1) is 7.89. The maximum Gasteiger partial charge on any atom is 0.307 e. The Balaban J connectivity index is 3.67. The van der Waals surface area contributed by atoms with Gasteiger partial charge in [-0.2, -0.15) is 0 Å². The zero-order valence-corrected chi connectivity index (χ0v) is 11.2. The van der Waals surface area contributed by atoms with Crippen LogP contribution in [0.5, 0.6) is 0 Å². The summed E-state index contributed by atoms with van der Waals surface area (Å²) < 4.78 is 15.1. The second-order valence-corrected chi connectivity index (χ2v) is 4.97. The molecule has 0 bridgehead atoms. The standard InChI is InChI=1S/C12H24O5/c1-12(2,3)10(11(13)14)5-6-16-9-17-8-7-15-4/h10H,5-9H2,1-4H3,(H,13,14). The summed E-state index contributed by atoms with van der Waals surface area (Å²) in [5.41, 5.74) is -0.258. The van der Waals surface area contributed by atoms with Crippen molar-refractivity contribution in [2.45, 2.75) is 27.2 Å². The average molecular weight is 248 g/mol. The minimum Gasteiger partial charge on any atom is -0.481 e. The molecule has 1 atom stereocenters. The first-order valence-corrected chi connectivity index (χ1v) is 5.76. The molecule has 1 unspecified atom stereocenters. The molecule has 0 radical (unpaired) electrons. The Bertz CT molecular complexity index is 209. The zero-order valence-electron chi connectivity index (χ0n) is 11.2. The molecule has 0 amide bonds. The Hall–Kier alpha value is -0.650. The fourth-order valence-electron chi connectivity index (χ4n) is 1.45. The number of carboxylic acids is 1. The monoisotopic (exact) mass is 248 g/mol. The number of hydrogen-bond acceptors (Lipinski definition) is 4. The molecule has 0 saturated heterocycles. The molecule has 5 nitrogen and oxygen atoms in total. The molecule has 1 N–H and O–H groups in total. The molecule has 0 aromatic heterocycles. The van der Waals surface area contributed by atoms with Gasteiger partial charge in [-0.1, -0.05) is 20.8 Å². The zero-order chi connectivity index (χ0) is 13.3. The highest BCUT2D eigenvalue weighted by molar-refractivity contribution is 5.70. The number of carboxylic acid groups (broad SMARTS) is 1. The van der Waals surface area contributed by atoms with Gasteiger partial charge in [-0.3, -0.25) is 4.79 Å². The summed E-state index contributed by atoms with van der Waals surface area (Å²) in [5, 5.41) is 9.08. The van der Waals surface area contributed by atoms with Gasteiger partial charge in [0.1, 0.15) is 6.79 Å². The lowest BCUT2D eigenvalue weighted by atomic mass is 9.79. The molecule has 0 spiro atoms. The fraction of sp³-hybridized carbons (Fsp3) is 0.917. The van der Waals surface area contributed by atoms with Crippen LogP contribution in [0.3, 0.4) is 0 Å². The van der Waals surface area contributed by atoms with Gasteiger partial charge in [0.25, 0.3) is 0 Å². The summed E-state index contributed by atoms with van der Waals surface area (Å²) in [6, 6.07) is 0. The topological polar surface area (TPSA) is 65.0 Å². The first-order valence-electron chi connectivity index (χ1n) is 5.76. The van der Waals surface area contributed by atoms with E-state index < -0.39 is 11.9 Å². The Morgan fingerprint density at radius 2 is 1.76 bits per heavy atom. The van der Waals surface area contributed by atoms with Crippen LogP contribution in [0, 0.1) is 11.3 Å². The third kappa shape index (κ3) is 8.12. The number of ether oxygens (including phenoxy) is 3. The Morgan fingerprint density at radius 1 is 1.18 bits per heavy atom. The van der Waals surface area contributed by atoms with E-state index in [-0.39, 0.29) is 12.2 Å². The van der Waals surface area contributed by atoms with Crippen molar-refractivity contribution in [3.63, 3.8) is 0 Å². The van der Waals surface area contributed by atoms with E-state index in [1.54, 1.807) is 7.11 Å². The van der Waals surface area contributed by atoms with Gasteiger partial charge in [-0.05, 0) is 11.8 Å². The van der Waals surface area contributed by atoms with Gasteiger partial charge in [0, 0.05) is 7.11 Å². The molecule has 102 valence electrons. The molecular formula is C12H24O5. The first kappa shape index (κ1) is 16.4. The summed E-state index contributed by atoms with van der Waals surface area (Å²) >= 11 is 0. The van der Waals surface area contributed by atoms with Crippen LogP contribution in [0.1, 0.15) is 27.2 Å². The van der Waals surface area contributed by atoms with Crippen LogP contribution in [0.15, 0.2) is 0 Å². The smallest absolute Gasteiger partial charge is 0.307 e. The third-order valence-electron chi connectivity index (χ3n) is 2.49. The van der Waals surface area contributed by atoms with E-state index in [0.29, 0.717) is 26.2 Å². The van der Waals surface area contributed by atoms with Crippen molar-refractivity contribution in [1.82, 2.24) is 0 Å². The van der Waals surface area contributed by atoms with E-state index in [0.717, 1.165) is 0 Å². The summed E-state index contributed by atoms with van der Waals surface area (Å²) in [5.74, 6) is -1.18. The second kappa shape index (κ2) is 8.44. The van der Waals surface area contributed by atoms with Crippen LogP contribution in [0.25, 0.3) is 0 Å². The number of aliphatic carboxylic acids is 1. The van der Waals surface area contributed by atoms with Gasteiger partial charge in [0.15, 0.2) is 0 Å². The van der Waals surface area contributed by atoms with Crippen molar-refractivity contribution < 1.29 is 24.1 Å². The predicted molar refractivity (Wildman–Crippen MR) is 63.8 cm³/mol. The maximum absolute atomic E-state index is 11.0. The number of carbonyl (C=O) groups is 1. The normalized spacial score (nSPS) is 13.6. The van der Waals surface area contributed by atoms with Crippen LogP contribution in [-0.4, -0.2) is 44.8 Å². The Labute approximate surface area is 103 Å². The predicted octanol–water partition coefficient (Wildman–Crippen LogP) is 1.76. The van der Waals surface area contributed by atoms with Crippen LogP contribution in [0.2, 0.25) is 0 Å². The van der Waals surface area contributed by atoms with Gasteiger partial charge >= 0.3 is 5.97 Å². The van der Waals surface area contributed by atoms with Gasteiger partial charge in [-0.25, -0.2) is 0 Å². The summed E-state index contributed by atoms with van der Waals surface area (Å²) in [6.07, 6.45) is 0.493. The molecule has 17 heavy (non-hydrogen) atoms.